The van der Waals surface area contributed by atoms with E-state index in [-0.39, 0.29) is 36.2 Å². The number of hydrogen-bond donors (Lipinski definition) is 5. The number of benzene rings is 1. The smallest absolute Gasteiger partial charge is 0.534 e. The van der Waals surface area contributed by atoms with Crippen molar-refractivity contribution < 1.29 is 29.2 Å². The third kappa shape index (κ3) is 5.29. The molecule has 0 aromatic heterocycles. The number of piperidine rings is 1. The van der Waals surface area contributed by atoms with Gasteiger partial charge in [0.05, 0.1) is 18.0 Å². The number of rotatable bonds is 8. The van der Waals surface area contributed by atoms with E-state index in [2.05, 4.69) is 16.0 Å². The van der Waals surface area contributed by atoms with Gasteiger partial charge in [0.25, 0.3) is 0 Å². The molecule has 0 radical (unpaired) electrons. The first-order valence-electron chi connectivity index (χ1n) is 10.0. The van der Waals surface area contributed by atoms with Crippen LogP contribution >= 0.6 is 0 Å². The molecule has 1 saturated heterocycles. The molecule has 2 atom stereocenters. The fraction of sp³-hybridized carbons (Fsp3) is 0.526. The number of para-hydroxylation sites is 1. The average Bonchev–Trinajstić information content (AvgIpc) is 2.70. The van der Waals surface area contributed by atoms with Crippen LogP contribution in [-0.2, 0) is 16.0 Å². The SMILES string of the molecule is CNCCNC1CCN(CC(=O)NC2Cc3cccc(C(=O)O)c3OB2O)C(=O)C1. The molecule has 5 N–H and O–H groups in total. The molecule has 3 rings (SSSR count). The van der Waals surface area contributed by atoms with Crippen molar-refractivity contribution in [2.75, 3.05) is 33.2 Å². The molecule has 2 heterocycles. The highest BCUT2D eigenvalue weighted by molar-refractivity contribution is 6.47. The molecule has 2 unspecified atom stereocenters. The van der Waals surface area contributed by atoms with Crippen molar-refractivity contribution in [3.63, 3.8) is 0 Å². The minimum Gasteiger partial charge on any atom is -0.534 e. The first-order valence-corrected chi connectivity index (χ1v) is 10.0. The van der Waals surface area contributed by atoms with E-state index < -0.39 is 24.9 Å². The van der Waals surface area contributed by atoms with Crippen LogP contribution in [0.5, 0.6) is 5.75 Å². The summed E-state index contributed by atoms with van der Waals surface area (Å²) in [6.07, 6.45) is 1.34. The molecule has 11 heteroatoms. The molecular formula is C19H27BN4O6. The lowest BCUT2D eigenvalue weighted by atomic mass is 9.72. The van der Waals surface area contributed by atoms with Crippen molar-refractivity contribution >= 4 is 24.9 Å². The van der Waals surface area contributed by atoms with Gasteiger partial charge in [0.1, 0.15) is 5.75 Å². The van der Waals surface area contributed by atoms with Crippen molar-refractivity contribution in [3.8, 4) is 5.75 Å². The molecule has 2 aliphatic heterocycles. The van der Waals surface area contributed by atoms with Gasteiger partial charge in [-0.1, -0.05) is 12.1 Å². The monoisotopic (exact) mass is 418 g/mol. The number of nitrogens with one attached hydrogen (secondary N) is 3. The lowest BCUT2D eigenvalue weighted by molar-refractivity contribution is -0.138. The Labute approximate surface area is 175 Å². The van der Waals surface area contributed by atoms with E-state index in [0.717, 1.165) is 19.5 Å². The quantitative estimate of drug-likeness (QED) is 0.257. The number of carbonyl (C=O) groups is 3. The summed E-state index contributed by atoms with van der Waals surface area (Å²) in [5, 5.41) is 28.5. The number of fused-ring (bicyclic) bond motifs is 1. The van der Waals surface area contributed by atoms with Crippen LogP contribution < -0.4 is 20.6 Å². The van der Waals surface area contributed by atoms with Gasteiger partial charge in [0, 0.05) is 32.1 Å². The minimum atomic E-state index is -1.38. The summed E-state index contributed by atoms with van der Waals surface area (Å²) in [4.78, 5) is 37.6. The van der Waals surface area contributed by atoms with E-state index in [1.807, 2.05) is 7.05 Å². The standard InChI is InChI=1S/C19H27BN4O6/c1-21-6-7-22-13-5-8-24(17(26)10-13)11-16(25)23-15-9-12-3-2-4-14(19(27)28)18(12)30-20(15)29/h2-4,13,15,21-22,29H,5-11H2,1H3,(H,23,25)(H,27,28). The van der Waals surface area contributed by atoms with E-state index in [1.165, 1.54) is 11.0 Å². The van der Waals surface area contributed by atoms with Crippen LogP contribution in [-0.4, -0.2) is 85.1 Å². The van der Waals surface area contributed by atoms with Gasteiger partial charge in [-0.2, -0.15) is 0 Å². The molecule has 2 aliphatic rings. The number of nitrogens with zero attached hydrogens (tertiary/aromatic N) is 1. The molecular weight excluding hydrogens is 391 g/mol. The number of carboxylic acid groups (broad SMARTS) is 1. The molecule has 162 valence electrons. The summed E-state index contributed by atoms with van der Waals surface area (Å²) in [7, 11) is 0.492. The molecule has 0 spiro atoms. The highest BCUT2D eigenvalue weighted by Crippen LogP contribution is 2.30. The highest BCUT2D eigenvalue weighted by atomic mass is 16.5. The molecule has 1 fully saturated rings. The Bertz CT molecular complexity index is 807. The normalized spacial score (nSPS) is 21.1. The van der Waals surface area contributed by atoms with Gasteiger partial charge in [-0.05, 0) is 31.5 Å². The van der Waals surface area contributed by atoms with E-state index >= 15 is 0 Å². The van der Waals surface area contributed by atoms with Gasteiger partial charge >= 0.3 is 13.1 Å². The Morgan fingerprint density at radius 1 is 1.30 bits per heavy atom. The average molecular weight is 418 g/mol. The first kappa shape index (κ1) is 22.1. The maximum Gasteiger partial charge on any atom is 0.547 e. The maximum absolute atomic E-state index is 12.5. The van der Waals surface area contributed by atoms with Crippen molar-refractivity contribution in [1.82, 2.24) is 20.9 Å². The minimum absolute atomic E-state index is 0.0341. The molecule has 0 saturated carbocycles. The summed E-state index contributed by atoms with van der Waals surface area (Å²) in [5.41, 5.74) is 0.558. The molecule has 10 nitrogen and oxygen atoms in total. The van der Waals surface area contributed by atoms with Crippen molar-refractivity contribution in [1.29, 1.82) is 0 Å². The van der Waals surface area contributed by atoms with Crippen molar-refractivity contribution in [3.05, 3.63) is 29.3 Å². The zero-order valence-electron chi connectivity index (χ0n) is 16.9. The lowest BCUT2D eigenvalue weighted by Crippen LogP contribution is -2.56. The fourth-order valence-electron chi connectivity index (χ4n) is 3.76. The van der Waals surface area contributed by atoms with Gasteiger partial charge < -0.3 is 35.6 Å². The third-order valence-corrected chi connectivity index (χ3v) is 5.36. The summed E-state index contributed by atoms with van der Waals surface area (Å²) in [6.45, 7) is 1.99. The Morgan fingerprint density at radius 3 is 2.80 bits per heavy atom. The van der Waals surface area contributed by atoms with Crippen LogP contribution in [0.1, 0.15) is 28.8 Å². The topological polar surface area (TPSA) is 140 Å². The van der Waals surface area contributed by atoms with Crippen molar-refractivity contribution in [2.45, 2.75) is 31.2 Å². The number of amides is 2. The van der Waals surface area contributed by atoms with Gasteiger partial charge in [-0.15, -0.1) is 0 Å². The second-order valence-corrected chi connectivity index (χ2v) is 7.55. The molecule has 0 bridgehead atoms. The van der Waals surface area contributed by atoms with Gasteiger partial charge in [-0.3, -0.25) is 9.59 Å². The second-order valence-electron chi connectivity index (χ2n) is 7.55. The summed E-state index contributed by atoms with van der Waals surface area (Å²) >= 11 is 0. The Hall–Kier alpha value is -2.63. The fourth-order valence-corrected chi connectivity index (χ4v) is 3.76. The zero-order chi connectivity index (χ0) is 21.7. The lowest BCUT2D eigenvalue weighted by Gasteiger charge is -2.33. The van der Waals surface area contributed by atoms with Gasteiger partial charge in [0.15, 0.2) is 0 Å². The third-order valence-electron chi connectivity index (χ3n) is 5.36. The number of hydrogen-bond acceptors (Lipinski definition) is 7. The van der Waals surface area contributed by atoms with Crippen LogP contribution in [0.4, 0.5) is 0 Å². The highest BCUT2D eigenvalue weighted by Gasteiger charge is 2.38. The predicted molar refractivity (Wildman–Crippen MR) is 109 cm³/mol. The Morgan fingerprint density at radius 2 is 2.10 bits per heavy atom. The molecule has 1 aromatic rings. The van der Waals surface area contributed by atoms with Crippen LogP contribution in [0.25, 0.3) is 0 Å². The van der Waals surface area contributed by atoms with E-state index in [4.69, 9.17) is 4.65 Å². The van der Waals surface area contributed by atoms with E-state index in [0.29, 0.717) is 18.5 Å². The summed E-state index contributed by atoms with van der Waals surface area (Å²) in [6, 6.07) is 4.80. The number of likely N-dealkylation sites (N-methyl/N-ethyl adjacent to an activating group) is 1. The van der Waals surface area contributed by atoms with Crippen LogP contribution in [0, 0.1) is 0 Å². The molecule has 30 heavy (non-hydrogen) atoms. The number of aromatic carboxylic acids is 1. The number of carbonyl (C=O) groups excluding carboxylic acids is 2. The van der Waals surface area contributed by atoms with Crippen LogP contribution in [0.3, 0.4) is 0 Å². The zero-order valence-corrected chi connectivity index (χ0v) is 16.9. The van der Waals surface area contributed by atoms with E-state index in [1.54, 1.807) is 12.1 Å². The van der Waals surface area contributed by atoms with Gasteiger partial charge in [-0.25, -0.2) is 4.79 Å². The molecule has 2 amide bonds. The summed E-state index contributed by atoms with van der Waals surface area (Å²) in [5.74, 6) is -2.24. The first-order chi connectivity index (χ1) is 14.4. The molecule has 1 aromatic carbocycles. The Kier molecular flexibility index (Phi) is 7.30. The van der Waals surface area contributed by atoms with Crippen LogP contribution in [0.15, 0.2) is 18.2 Å². The Balaban J connectivity index is 1.52. The maximum atomic E-state index is 12.5. The number of likely N-dealkylation sites (tertiary alicyclic amines) is 1. The number of carboxylic acids is 1. The van der Waals surface area contributed by atoms with E-state index in [9.17, 15) is 24.5 Å². The summed E-state index contributed by atoms with van der Waals surface area (Å²) < 4.78 is 5.38. The molecule has 0 aliphatic carbocycles. The predicted octanol–water partition coefficient (Wildman–Crippen LogP) is -1.38. The van der Waals surface area contributed by atoms with Gasteiger partial charge in [0.2, 0.25) is 11.8 Å². The van der Waals surface area contributed by atoms with Crippen LogP contribution in [0.2, 0.25) is 0 Å². The second kappa shape index (κ2) is 9.92. The largest absolute Gasteiger partial charge is 0.547 e. The van der Waals surface area contributed by atoms with Crippen molar-refractivity contribution in [2.24, 2.45) is 0 Å².